The average Bonchev–Trinajstić information content (AvgIpc) is 2.33. The third-order valence-corrected chi connectivity index (χ3v) is 3.23. The molecule has 0 bridgehead atoms. The number of benzene rings is 1. The fourth-order valence-corrected chi connectivity index (χ4v) is 1.90. The van der Waals surface area contributed by atoms with Crippen LogP contribution in [0.15, 0.2) is 18.2 Å². The van der Waals surface area contributed by atoms with Crippen LogP contribution in [0.25, 0.3) is 0 Å². The fraction of sp³-hybridized carbons (Fsp3) is 0.462. The third kappa shape index (κ3) is 3.22. The minimum absolute atomic E-state index is 0.0268. The molecule has 1 amide bonds. The molecule has 1 fully saturated rings. The molecular weight excluding hydrogens is 273 g/mol. The highest BCUT2D eigenvalue weighted by Gasteiger charge is 2.34. The monoisotopic (exact) mass is 288 g/mol. The lowest BCUT2D eigenvalue weighted by molar-refractivity contribution is -0.138. The van der Waals surface area contributed by atoms with Crippen molar-refractivity contribution in [3.05, 3.63) is 29.3 Å². The highest BCUT2D eigenvalue weighted by Crippen LogP contribution is 2.34. The van der Waals surface area contributed by atoms with Crippen molar-refractivity contribution in [1.29, 1.82) is 0 Å². The summed E-state index contributed by atoms with van der Waals surface area (Å²) in [6, 6.07) is 3.70. The Bertz CT molecular complexity index is 499. The standard InChI is InChI=1S/C13H15F3N2O2/c1-20-10-3-2-8(11(4-10)13(14,15)16)7-18-12(19)9-5-17-6-9/h2-4,9,17H,5-7H2,1H3,(H,18,19). The van der Waals surface area contributed by atoms with Crippen LogP contribution in [0, 0.1) is 5.92 Å². The summed E-state index contributed by atoms with van der Waals surface area (Å²) >= 11 is 0. The molecule has 1 aliphatic rings. The van der Waals surface area contributed by atoms with Crippen LogP contribution in [-0.4, -0.2) is 26.1 Å². The number of ether oxygens (including phenoxy) is 1. The number of methoxy groups -OCH3 is 1. The van der Waals surface area contributed by atoms with E-state index in [0.29, 0.717) is 13.1 Å². The Morgan fingerprint density at radius 3 is 2.65 bits per heavy atom. The lowest BCUT2D eigenvalue weighted by Gasteiger charge is -2.26. The maximum Gasteiger partial charge on any atom is 0.416 e. The smallest absolute Gasteiger partial charge is 0.416 e. The Labute approximate surface area is 114 Å². The summed E-state index contributed by atoms with van der Waals surface area (Å²) in [5.74, 6) is -0.245. The van der Waals surface area contributed by atoms with E-state index in [1.165, 1.54) is 19.2 Å². The third-order valence-electron chi connectivity index (χ3n) is 3.23. The van der Waals surface area contributed by atoms with Gasteiger partial charge in [-0.1, -0.05) is 6.07 Å². The summed E-state index contributed by atoms with van der Waals surface area (Å²) in [6.45, 7) is 0.995. The van der Waals surface area contributed by atoms with Gasteiger partial charge in [-0.15, -0.1) is 0 Å². The lowest BCUT2D eigenvalue weighted by Crippen LogP contribution is -2.50. The van der Waals surface area contributed by atoms with Crippen molar-refractivity contribution in [2.45, 2.75) is 12.7 Å². The maximum absolute atomic E-state index is 12.9. The van der Waals surface area contributed by atoms with E-state index < -0.39 is 11.7 Å². The van der Waals surface area contributed by atoms with Gasteiger partial charge in [0.05, 0.1) is 18.6 Å². The van der Waals surface area contributed by atoms with Crippen LogP contribution in [0.4, 0.5) is 13.2 Å². The van der Waals surface area contributed by atoms with Gasteiger partial charge in [0, 0.05) is 19.6 Å². The zero-order valence-corrected chi connectivity index (χ0v) is 10.9. The second-order valence-electron chi connectivity index (χ2n) is 4.59. The van der Waals surface area contributed by atoms with Crippen LogP contribution in [0.3, 0.4) is 0 Å². The number of halogens is 3. The number of alkyl halides is 3. The number of rotatable bonds is 4. The number of amides is 1. The molecule has 0 aromatic heterocycles. The van der Waals surface area contributed by atoms with Gasteiger partial charge in [-0.25, -0.2) is 0 Å². The van der Waals surface area contributed by atoms with Crippen LogP contribution in [0.5, 0.6) is 5.75 Å². The summed E-state index contributed by atoms with van der Waals surface area (Å²) in [4.78, 5) is 11.6. The van der Waals surface area contributed by atoms with Crippen LogP contribution >= 0.6 is 0 Å². The summed E-state index contributed by atoms with van der Waals surface area (Å²) in [5, 5.41) is 5.46. The van der Waals surface area contributed by atoms with Gasteiger partial charge in [0.25, 0.3) is 0 Å². The molecule has 0 radical (unpaired) electrons. The van der Waals surface area contributed by atoms with E-state index in [1.807, 2.05) is 0 Å². The molecule has 0 spiro atoms. The van der Waals surface area contributed by atoms with Crippen molar-refractivity contribution in [3.63, 3.8) is 0 Å². The largest absolute Gasteiger partial charge is 0.497 e. The van der Waals surface area contributed by atoms with Gasteiger partial charge < -0.3 is 15.4 Å². The van der Waals surface area contributed by atoms with E-state index in [4.69, 9.17) is 4.74 Å². The molecular formula is C13H15F3N2O2. The Balaban J connectivity index is 2.11. The van der Waals surface area contributed by atoms with Crippen LogP contribution < -0.4 is 15.4 Å². The highest BCUT2D eigenvalue weighted by atomic mass is 19.4. The van der Waals surface area contributed by atoms with Gasteiger partial charge in [0.15, 0.2) is 0 Å². The molecule has 2 N–H and O–H groups in total. The van der Waals surface area contributed by atoms with E-state index in [0.717, 1.165) is 6.07 Å². The molecule has 0 unspecified atom stereocenters. The van der Waals surface area contributed by atoms with E-state index in [2.05, 4.69) is 10.6 Å². The van der Waals surface area contributed by atoms with Gasteiger partial charge in [0.1, 0.15) is 5.75 Å². The minimum atomic E-state index is -4.48. The SMILES string of the molecule is COc1ccc(CNC(=O)C2CNC2)c(C(F)(F)F)c1. The van der Waals surface area contributed by atoms with E-state index >= 15 is 0 Å². The maximum atomic E-state index is 12.9. The number of hydrogen-bond donors (Lipinski definition) is 2. The first-order chi connectivity index (χ1) is 9.41. The molecule has 1 saturated heterocycles. The number of hydrogen-bond acceptors (Lipinski definition) is 3. The second-order valence-corrected chi connectivity index (χ2v) is 4.59. The van der Waals surface area contributed by atoms with Gasteiger partial charge in [0.2, 0.25) is 5.91 Å². The molecule has 110 valence electrons. The summed E-state index contributed by atoms with van der Waals surface area (Å²) < 4.78 is 43.6. The van der Waals surface area contributed by atoms with Crippen LogP contribution in [0.1, 0.15) is 11.1 Å². The Hall–Kier alpha value is -1.76. The zero-order chi connectivity index (χ0) is 14.8. The first kappa shape index (κ1) is 14.6. The first-order valence-electron chi connectivity index (χ1n) is 6.14. The molecule has 1 aliphatic heterocycles. The number of nitrogens with one attached hydrogen (secondary N) is 2. The average molecular weight is 288 g/mol. The normalized spacial score (nSPS) is 15.6. The van der Waals surface area contributed by atoms with Crippen molar-refractivity contribution in [3.8, 4) is 5.75 Å². The molecule has 4 nitrogen and oxygen atoms in total. The van der Waals surface area contributed by atoms with Crippen molar-refractivity contribution < 1.29 is 22.7 Å². The fourth-order valence-electron chi connectivity index (χ4n) is 1.90. The Morgan fingerprint density at radius 1 is 1.45 bits per heavy atom. The molecule has 2 rings (SSSR count). The molecule has 1 heterocycles. The van der Waals surface area contributed by atoms with Crippen LogP contribution in [-0.2, 0) is 17.5 Å². The zero-order valence-electron chi connectivity index (χ0n) is 10.9. The van der Waals surface area contributed by atoms with Crippen molar-refractivity contribution in [2.75, 3.05) is 20.2 Å². The summed E-state index contributed by atoms with van der Waals surface area (Å²) in [6.07, 6.45) is -4.48. The quantitative estimate of drug-likeness (QED) is 0.884. The number of carbonyl (C=O) groups excluding carboxylic acids is 1. The minimum Gasteiger partial charge on any atom is -0.497 e. The molecule has 1 aromatic carbocycles. The van der Waals surface area contributed by atoms with Crippen molar-refractivity contribution in [2.24, 2.45) is 5.92 Å². The first-order valence-corrected chi connectivity index (χ1v) is 6.14. The van der Waals surface area contributed by atoms with Gasteiger partial charge >= 0.3 is 6.18 Å². The molecule has 20 heavy (non-hydrogen) atoms. The second kappa shape index (κ2) is 5.70. The van der Waals surface area contributed by atoms with Gasteiger partial charge in [-0.2, -0.15) is 13.2 Å². The molecule has 0 saturated carbocycles. The predicted molar refractivity (Wildman–Crippen MR) is 66.2 cm³/mol. The molecule has 0 aliphatic carbocycles. The van der Waals surface area contributed by atoms with Crippen molar-refractivity contribution in [1.82, 2.24) is 10.6 Å². The molecule has 1 aromatic rings. The van der Waals surface area contributed by atoms with Crippen LogP contribution in [0.2, 0.25) is 0 Å². The Morgan fingerprint density at radius 2 is 2.15 bits per heavy atom. The summed E-state index contributed by atoms with van der Waals surface area (Å²) in [5.41, 5.74) is -0.761. The van der Waals surface area contributed by atoms with Gasteiger partial charge in [-0.05, 0) is 17.7 Å². The summed E-state index contributed by atoms with van der Waals surface area (Å²) in [7, 11) is 1.31. The highest BCUT2D eigenvalue weighted by molar-refractivity contribution is 5.80. The predicted octanol–water partition coefficient (Wildman–Crippen LogP) is 1.55. The topological polar surface area (TPSA) is 50.4 Å². The Kier molecular flexibility index (Phi) is 4.17. The lowest BCUT2D eigenvalue weighted by atomic mass is 10.0. The van der Waals surface area contributed by atoms with Gasteiger partial charge in [-0.3, -0.25) is 4.79 Å². The molecule has 7 heteroatoms. The van der Waals surface area contributed by atoms with E-state index in [9.17, 15) is 18.0 Å². The van der Waals surface area contributed by atoms with Crippen molar-refractivity contribution >= 4 is 5.91 Å². The molecule has 0 atom stereocenters. The number of carbonyl (C=O) groups is 1. The van der Waals surface area contributed by atoms with E-state index in [-0.39, 0.29) is 29.7 Å². The van der Waals surface area contributed by atoms with E-state index in [1.54, 1.807) is 0 Å².